The van der Waals surface area contributed by atoms with Crippen LogP contribution in [0.5, 0.6) is 5.75 Å². The molecule has 1 fully saturated rings. The number of rotatable bonds is 8. The number of para-hydroxylation sites is 1. The lowest BCUT2D eigenvalue weighted by Crippen LogP contribution is -2.22. The summed E-state index contributed by atoms with van der Waals surface area (Å²) in [6.45, 7) is -2.66. The molecule has 0 spiro atoms. The average Bonchev–Trinajstić information content (AvgIpc) is 3.55. The molecule has 1 saturated carbocycles. The van der Waals surface area contributed by atoms with Gasteiger partial charge in [0, 0.05) is 23.1 Å². The summed E-state index contributed by atoms with van der Waals surface area (Å²) in [5.74, 6) is -0.431. The number of nitrogens with two attached hydrogens (primary N) is 1. The molecule has 166 valence electrons. The Labute approximate surface area is 187 Å². The van der Waals surface area contributed by atoms with E-state index in [1.807, 2.05) is 5.32 Å². The number of ether oxygens (including phenoxy) is 1. The molecule has 0 aliphatic heterocycles. The standard InChI is InChI=1S/C20H22N8O4/c1-22-19(30)16-13(8-14(26-27-16)24-18(29)10-6-7-10)23-12-5-3-4-11(17(12)31-2)20-25-15(9-21)28-32-20/h3-5,8,10H,6-7,9,21H2,1-2H3,(H,22,30)(H2,23,24,26,29)/i1D3. The van der Waals surface area contributed by atoms with Gasteiger partial charge in [-0.05, 0) is 25.0 Å². The zero-order valence-electron chi connectivity index (χ0n) is 20.0. The lowest BCUT2D eigenvalue weighted by atomic mass is 10.1. The van der Waals surface area contributed by atoms with Crippen molar-refractivity contribution in [2.24, 2.45) is 11.7 Å². The topological polar surface area (TPSA) is 170 Å². The van der Waals surface area contributed by atoms with Crippen LogP contribution in [0, 0.1) is 5.92 Å². The van der Waals surface area contributed by atoms with E-state index in [2.05, 4.69) is 31.0 Å². The predicted octanol–water partition coefficient (Wildman–Crippen LogP) is 1.45. The maximum atomic E-state index is 12.6. The van der Waals surface area contributed by atoms with Gasteiger partial charge in [-0.25, -0.2) is 0 Å². The Bertz CT molecular complexity index is 1260. The predicted molar refractivity (Wildman–Crippen MR) is 114 cm³/mol. The van der Waals surface area contributed by atoms with Crippen LogP contribution >= 0.6 is 0 Å². The van der Waals surface area contributed by atoms with Crippen LogP contribution in [0.4, 0.5) is 17.2 Å². The zero-order valence-corrected chi connectivity index (χ0v) is 17.0. The van der Waals surface area contributed by atoms with Gasteiger partial charge in [-0.1, -0.05) is 11.2 Å². The van der Waals surface area contributed by atoms with Crippen molar-refractivity contribution >= 4 is 29.0 Å². The van der Waals surface area contributed by atoms with Gasteiger partial charge < -0.3 is 30.9 Å². The lowest BCUT2D eigenvalue weighted by Gasteiger charge is -2.15. The molecule has 1 aliphatic rings. The van der Waals surface area contributed by atoms with Crippen molar-refractivity contribution in [2.75, 3.05) is 24.7 Å². The molecule has 2 aromatic heterocycles. The Morgan fingerprint density at radius 3 is 2.84 bits per heavy atom. The number of aromatic nitrogens is 4. The zero-order chi connectivity index (χ0) is 25.2. The number of methoxy groups -OCH3 is 1. The van der Waals surface area contributed by atoms with Crippen LogP contribution in [0.2, 0.25) is 0 Å². The van der Waals surface area contributed by atoms with E-state index in [-0.39, 0.29) is 41.5 Å². The maximum Gasteiger partial charge on any atom is 0.273 e. The number of carbonyl (C=O) groups is 2. The summed E-state index contributed by atoms with van der Waals surface area (Å²) in [5.41, 5.74) is 6.15. The van der Waals surface area contributed by atoms with Crippen LogP contribution in [0.1, 0.15) is 33.3 Å². The molecule has 0 atom stereocenters. The molecule has 4 rings (SSSR count). The van der Waals surface area contributed by atoms with Gasteiger partial charge in [0.15, 0.2) is 23.1 Å². The Morgan fingerprint density at radius 1 is 1.31 bits per heavy atom. The highest BCUT2D eigenvalue weighted by Gasteiger charge is 2.30. The molecule has 12 nitrogen and oxygen atoms in total. The number of anilines is 3. The molecule has 2 amide bonds. The molecule has 0 saturated heterocycles. The smallest absolute Gasteiger partial charge is 0.273 e. The van der Waals surface area contributed by atoms with E-state index in [0.717, 1.165) is 12.8 Å². The molecular formula is C20H22N8O4. The Kier molecular flexibility index (Phi) is 4.94. The van der Waals surface area contributed by atoms with E-state index >= 15 is 0 Å². The van der Waals surface area contributed by atoms with Crippen molar-refractivity contribution in [2.45, 2.75) is 19.4 Å². The van der Waals surface area contributed by atoms with Crippen molar-refractivity contribution in [3.63, 3.8) is 0 Å². The van der Waals surface area contributed by atoms with Gasteiger partial charge in [0.1, 0.15) is 0 Å². The third kappa shape index (κ3) is 4.34. The number of nitrogens with zero attached hydrogens (tertiary/aromatic N) is 4. The van der Waals surface area contributed by atoms with E-state index in [0.29, 0.717) is 22.8 Å². The first kappa shape index (κ1) is 17.6. The largest absolute Gasteiger partial charge is 0.494 e. The van der Waals surface area contributed by atoms with Crippen molar-refractivity contribution in [1.29, 1.82) is 0 Å². The van der Waals surface area contributed by atoms with Crippen molar-refractivity contribution < 1.29 is 23.0 Å². The Morgan fingerprint density at radius 2 is 2.16 bits per heavy atom. The van der Waals surface area contributed by atoms with Crippen molar-refractivity contribution in [3.8, 4) is 17.2 Å². The molecule has 0 unspecified atom stereocenters. The number of hydrogen-bond acceptors (Lipinski definition) is 10. The SMILES string of the molecule is [2H]C([2H])([2H])NC(=O)c1nnc(NC(=O)C2CC2)cc1Nc1cccc(-c2nc(CN)no2)c1OC. The van der Waals surface area contributed by atoms with E-state index < -0.39 is 12.9 Å². The van der Waals surface area contributed by atoms with Crippen LogP contribution < -0.4 is 26.4 Å². The summed E-state index contributed by atoms with van der Waals surface area (Å²) >= 11 is 0. The normalized spacial score (nSPS) is 14.6. The number of benzene rings is 1. The summed E-state index contributed by atoms with van der Waals surface area (Å²) in [6.07, 6.45) is 1.57. The van der Waals surface area contributed by atoms with E-state index in [1.165, 1.54) is 13.2 Å². The Balaban J connectivity index is 1.72. The third-order valence-electron chi connectivity index (χ3n) is 4.69. The second-order valence-electron chi connectivity index (χ2n) is 6.94. The highest BCUT2D eigenvalue weighted by atomic mass is 16.5. The summed E-state index contributed by atoms with van der Waals surface area (Å²) in [4.78, 5) is 29.0. The Hall–Kier alpha value is -4.06. The van der Waals surface area contributed by atoms with E-state index in [1.54, 1.807) is 18.2 Å². The fourth-order valence-corrected chi connectivity index (χ4v) is 2.96. The van der Waals surface area contributed by atoms with E-state index in [4.69, 9.17) is 19.1 Å². The van der Waals surface area contributed by atoms with Gasteiger partial charge in [0.25, 0.3) is 11.8 Å². The maximum absolute atomic E-state index is 12.6. The minimum absolute atomic E-state index is 0.0801. The van der Waals surface area contributed by atoms with Gasteiger partial charge >= 0.3 is 0 Å². The monoisotopic (exact) mass is 441 g/mol. The van der Waals surface area contributed by atoms with Crippen LogP contribution in [0.25, 0.3) is 11.5 Å². The summed E-state index contributed by atoms with van der Waals surface area (Å²) in [5, 5.41) is 19.0. The molecule has 32 heavy (non-hydrogen) atoms. The van der Waals surface area contributed by atoms with E-state index in [9.17, 15) is 9.59 Å². The second kappa shape index (κ2) is 8.98. The highest BCUT2D eigenvalue weighted by molar-refractivity contribution is 6.00. The van der Waals surface area contributed by atoms with Crippen LogP contribution in [0.3, 0.4) is 0 Å². The van der Waals surface area contributed by atoms with Gasteiger partial charge in [-0.2, -0.15) is 4.98 Å². The molecule has 2 heterocycles. The summed E-state index contributed by atoms with van der Waals surface area (Å²) in [7, 11) is 1.43. The van der Waals surface area contributed by atoms with Crippen LogP contribution in [0.15, 0.2) is 28.8 Å². The number of hydrogen-bond donors (Lipinski definition) is 4. The molecule has 5 N–H and O–H groups in total. The molecule has 1 aliphatic carbocycles. The minimum Gasteiger partial charge on any atom is -0.494 e. The first-order valence-corrected chi connectivity index (χ1v) is 9.66. The molecule has 1 aromatic carbocycles. The molecule has 12 heteroatoms. The molecular weight excluding hydrogens is 416 g/mol. The third-order valence-corrected chi connectivity index (χ3v) is 4.69. The highest BCUT2D eigenvalue weighted by Crippen LogP contribution is 2.38. The first-order chi connectivity index (χ1) is 16.7. The van der Waals surface area contributed by atoms with Crippen LogP contribution in [-0.2, 0) is 11.3 Å². The molecule has 0 bridgehead atoms. The lowest BCUT2D eigenvalue weighted by molar-refractivity contribution is -0.117. The first-order valence-electron chi connectivity index (χ1n) is 11.2. The number of amides is 2. The van der Waals surface area contributed by atoms with Crippen molar-refractivity contribution in [1.82, 2.24) is 25.7 Å². The van der Waals surface area contributed by atoms with Gasteiger partial charge in [0.05, 0.1) is 30.6 Å². The van der Waals surface area contributed by atoms with Gasteiger partial charge in [-0.3, -0.25) is 9.59 Å². The minimum atomic E-state index is -2.74. The number of nitrogens with one attached hydrogen (secondary N) is 3. The summed E-state index contributed by atoms with van der Waals surface area (Å²) in [6, 6.07) is 6.40. The van der Waals surface area contributed by atoms with Gasteiger partial charge in [-0.15, -0.1) is 10.2 Å². The van der Waals surface area contributed by atoms with Crippen molar-refractivity contribution in [3.05, 3.63) is 35.8 Å². The average molecular weight is 441 g/mol. The fourth-order valence-electron chi connectivity index (χ4n) is 2.96. The molecule has 3 aromatic rings. The fraction of sp³-hybridized carbons (Fsp3) is 0.300. The second-order valence-corrected chi connectivity index (χ2v) is 6.94. The molecule has 0 radical (unpaired) electrons. The van der Waals surface area contributed by atoms with Crippen LogP contribution in [-0.4, -0.2) is 46.2 Å². The summed E-state index contributed by atoms with van der Waals surface area (Å²) < 4.78 is 32.8. The quantitative estimate of drug-likeness (QED) is 0.401. The van der Waals surface area contributed by atoms with Gasteiger partial charge in [0.2, 0.25) is 5.91 Å². The number of carbonyl (C=O) groups excluding carboxylic acids is 2.